The molecule has 0 aromatic heterocycles. The van der Waals surface area contributed by atoms with Gasteiger partial charge in [-0.15, -0.1) is 0 Å². The lowest BCUT2D eigenvalue weighted by atomic mass is 10.1. The van der Waals surface area contributed by atoms with E-state index in [2.05, 4.69) is 14.2 Å². The number of methoxy groups -OCH3 is 1. The van der Waals surface area contributed by atoms with E-state index < -0.39 is 22.2 Å². The molecule has 0 spiro atoms. The van der Waals surface area contributed by atoms with Crippen molar-refractivity contribution in [2.75, 3.05) is 13.7 Å². The molecule has 0 saturated heterocycles. The zero-order valence-corrected chi connectivity index (χ0v) is 12.5. The van der Waals surface area contributed by atoms with E-state index in [1.54, 1.807) is 0 Å². The molecule has 18 heavy (non-hydrogen) atoms. The summed E-state index contributed by atoms with van der Waals surface area (Å²) in [5.74, 6) is -0.191. The Hall–Kier alpha value is -0.660. The van der Waals surface area contributed by atoms with Crippen LogP contribution < -0.4 is 9.44 Å². The lowest BCUT2D eigenvalue weighted by Crippen LogP contribution is -2.48. The number of nitrogens with one attached hydrogen (secondary N) is 2. The molecule has 0 amide bonds. The summed E-state index contributed by atoms with van der Waals surface area (Å²) >= 11 is 0. The average Bonchev–Trinajstić information content (AvgIpc) is 2.23. The number of hydrogen-bond donors (Lipinski definition) is 2. The lowest BCUT2D eigenvalue weighted by Gasteiger charge is -2.19. The molecule has 1 unspecified atom stereocenters. The lowest BCUT2D eigenvalue weighted by molar-refractivity contribution is -0.143. The predicted octanol–water partition coefficient (Wildman–Crippen LogP) is 0.654. The Kier molecular flexibility index (Phi) is 7.42. The van der Waals surface area contributed by atoms with Crippen LogP contribution in [0.2, 0.25) is 0 Å². The molecule has 0 heterocycles. The van der Waals surface area contributed by atoms with Gasteiger partial charge in [0.2, 0.25) is 0 Å². The van der Waals surface area contributed by atoms with Gasteiger partial charge in [0, 0.05) is 6.54 Å². The first-order chi connectivity index (χ1) is 8.18. The molecule has 0 aliphatic rings. The van der Waals surface area contributed by atoms with Crippen molar-refractivity contribution >= 4 is 16.2 Å². The van der Waals surface area contributed by atoms with E-state index in [0.717, 1.165) is 0 Å². The van der Waals surface area contributed by atoms with Crippen LogP contribution in [0.4, 0.5) is 0 Å². The van der Waals surface area contributed by atoms with Crippen molar-refractivity contribution in [2.24, 2.45) is 11.8 Å². The van der Waals surface area contributed by atoms with Gasteiger partial charge in [-0.05, 0) is 18.3 Å². The molecule has 0 fully saturated rings. The molecule has 0 bridgehead atoms. The zero-order chi connectivity index (χ0) is 14.3. The third-order valence-corrected chi connectivity index (χ3v) is 3.31. The summed E-state index contributed by atoms with van der Waals surface area (Å²) in [5, 5.41) is 0. The number of carbonyl (C=O) groups excluding carboxylic acids is 1. The molecule has 0 radical (unpaired) electrons. The first-order valence-electron chi connectivity index (χ1n) is 6.02. The van der Waals surface area contributed by atoms with Crippen LogP contribution in [0.1, 0.15) is 34.1 Å². The van der Waals surface area contributed by atoms with Crippen LogP contribution in [0, 0.1) is 11.8 Å². The molecular weight excluding hydrogens is 256 g/mol. The summed E-state index contributed by atoms with van der Waals surface area (Å²) < 4.78 is 32.7. The van der Waals surface area contributed by atoms with Gasteiger partial charge < -0.3 is 4.74 Å². The second kappa shape index (κ2) is 7.70. The molecule has 0 aromatic rings. The number of hydrogen-bond acceptors (Lipinski definition) is 4. The topological polar surface area (TPSA) is 84.5 Å². The Balaban J connectivity index is 4.60. The van der Waals surface area contributed by atoms with E-state index in [0.29, 0.717) is 13.0 Å². The van der Waals surface area contributed by atoms with Crippen LogP contribution >= 0.6 is 0 Å². The van der Waals surface area contributed by atoms with Crippen LogP contribution in [0.15, 0.2) is 0 Å². The molecule has 108 valence electrons. The van der Waals surface area contributed by atoms with Gasteiger partial charge in [0.1, 0.15) is 6.04 Å². The fourth-order valence-electron chi connectivity index (χ4n) is 1.31. The van der Waals surface area contributed by atoms with Gasteiger partial charge in [-0.1, -0.05) is 27.7 Å². The minimum atomic E-state index is -3.68. The summed E-state index contributed by atoms with van der Waals surface area (Å²) in [7, 11) is -2.44. The predicted molar refractivity (Wildman–Crippen MR) is 70.2 cm³/mol. The monoisotopic (exact) mass is 280 g/mol. The highest BCUT2D eigenvalue weighted by atomic mass is 32.2. The van der Waals surface area contributed by atoms with Crippen LogP contribution in [-0.2, 0) is 19.7 Å². The molecule has 0 aliphatic carbocycles. The van der Waals surface area contributed by atoms with Crippen molar-refractivity contribution in [3.63, 3.8) is 0 Å². The van der Waals surface area contributed by atoms with Crippen molar-refractivity contribution in [1.82, 2.24) is 9.44 Å². The minimum Gasteiger partial charge on any atom is -0.468 e. The van der Waals surface area contributed by atoms with Crippen LogP contribution in [-0.4, -0.2) is 34.1 Å². The van der Waals surface area contributed by atoms with Crippen LogP contribution in [0.25, 0.3) is 0 Å². The van der Waals surface area contributed by atoms with Gasteiger partial charge in [0.05, 0.1) is 7.11 Å². The van der Waals surface area contributed by atoms with E-state index in [1.165, 1.54) is 7.11 Å². The average molecular weight is 280 g/mol. The summed E-state index contributed by atoms with van der Waals surface area (Å²) in [4.78, 5) is 11.5. The Morgan fingerprint density at radius 1 is 1.17 bits per heavy atom. The van der Waals surface area contributed by atoms with Crippen molar-refractivity contribution in [3.05, 3.63) is 0 Å². The van der Waals surface area contributed by atoms with E-state index in [4.69, 9.17) is 0 Å². The molecule has 6 nitrogen and oxygen atoms in total. The summed E-state index contributed by atoms with van der Waals surface area (Å²) in [6, 6.07) is -0.848. The van der Waals surface area contributed by atoms with Gasteiger partial charge in [0.25, 0.3) is 10.2 Å². The first-order valence-corrected chi connectivity index (χ1v) is 7.51. The zero-order valence-electron chi connectivity index (χ0n) is 11.7. The van der Waals surface area contributed by atoms with Crippen molar-refractivity contribution in [3.8, 4) is 0 Å². The molecule has 0 aromatic carbocycles. The Morgan fingerprint density at radius 2 is 1.72 bits per heavy atom. The van der Waals surface area contributed by atoms with Gasteiger partial charge in [-0.2, -0.15) is 13.1 Å². The molecular formula is C11H24N2O4S. The molecule has 2 N–H and O–H groups in total. The van der Waals surface area contributed by atoms with Crippen molar-refractivity contribution in [2.45, 2.75) is 40.2 Å². The van der Waals surface area contributed by atoms with Crippen molar-refractivity contribution < 1.29 is 17.9 Å². The van der Waals surface area contributed by atoms with E-state index in [9.17, 15) is 13.2 Å². The number of carbonyl (C=O) groups is 1. The van der Waals surface area contributed by atoms with Crippen LogP contribution in [0.3, 0.4) is 0 Å². The molecule has 7 heteroatoms. The minimum absolute atomic E-state index is 0.182. The first kappa shape index (κ1) is 17.3. The Bertz CT molecular complexity index is 352. The van der Waals surface area contributed by atoms with Crippen LogP contribution in [0.5, 0.6) is 0 Å². The normalized spacial score (nSPS) is 13.9. The van der Waals surface area contributed by atoms with E-state index in [1.807, 2.05) is 27.7 Å². The number of ether oxygens (including phenoxy) is 1. The Labute approximate surface area is 110 Å². The number of rotatable bonds is 8. The third-order valence-electron chi connectivity index (χ3n) is 2.17. The fourth-order valence-corrected chi connectivity index (χ4v) is 2.51. The van der Waals surface area contributed by atoms with E-state index in [-0.39, 0.29) is 11.8 Å². The standard InChI is InChI=1S/C11H24N2O4S/c1-8(2)6-10(11(14)17-5)13-18(15,16)12-7-9(3)4/h8-10,12-13H,6-7H2,1-5H3. The summed E-state index contributed by atoms with van der Waals surface area (Å²) in [6.07, 6.45) is 0.398. The smallest absolute Gasteiger partial charge is 0.323 e. The largest absolute Gasteiger partial charge is 0.468 e. The molecule has 0 rings (SSSR count). The van der Waals surface area contributed by atoms with Gasteiger partial charge in [-0.25, -0.2) is 4.72 Å². The quantitative estimate of drug-likeness (QED) is 0.640. The number of esters is 1. The third kappa shape index (κ3) is 7.62. The SMILES string of the molecule is COC(=O)C(CC(C)C)NS(=O)(=O)NCC(C)C. The highest BCUT2D eigenvalue weighted by Gasteiger charge is 2.25. The van der Waals surface area contributed by atoms with E-state index >= 15 is 0 Å². The highest BCUT2D eigenvalue weighted by Crippen LogP contribution is 2.07. The molecule has 0 saturated carbocycles. The van der Waals surface area contributed by atoms with Gasteiger partial charge in [-0.3, -0.25) is 4.79 Å². The molecule has 0 aliphatic heterocycles. The highest BCUT2D eigenvalue weighted by molar-refractivity contribution is 7.87. The second-order valence-electron chi connectivity index (χ2n) is 5.07. The van der Waals surface area contributed by atoms with Gasteiger partial charge >= 0.3 is 5.97 Å². The summed E-state index contributed by atoms with van der Waals surface area (Å²) in [5.41, 5.74) is 0. The van der Waals surface area contributed by atoms with Gasteiger partial charge in [0.15, 0.2) is 0 Å². The second-order valence-corrected chi connectivity index (χ2v) is 6.60. The maximum absolute atomic E-state index is 11.7. The fraction of sp³-hybridized carbons (Fsp3) is 0.909. The maximum Gasteiger partial charge on any atom is 0.323 e. The van der Waals surface area contributed by atoms with Crippen molar-refractivity contribution in [1.29, 1.82) is 0 Å². The summed E-state index contributed by atoms with van der Waals surface area (Å²) in [6.45, 7) is 7.94. The maximum atomic E-state index is 11.7. The Morgan fingerprint density at radius 3 is 2.11 bits per heavy atom. The molecule has 1 atom stereocenters.